The number of carbonyl (C=O) groups is 1. The zero-order chi connectivity index (χ0) is 27.4. The van der Waals surface area contributed by atoms with Gasteiger partial charge in [-0.3, -0.25) is 4.79 Å². The van der Waals surface area contributed by atoms with Crippen molar-refractivity contribution in [2.45, 2.75) is 64.1 Å². The van der Waals surface area contributed by atoms with Crippen LogP contribution in [0.3, 0.4) is 0 Å². The number of hydrogen-bond acceptors (Lipinski definition) is 6. The molecule has 5 rings (SSSR count). The molecule has 0 saturated heterocycles. The number of aliphatic hydroxyl groups is 1. The first-order valence-corrected chi connectivity index (χ1v) is 16.0. The molecule has 2 aromatic carbocycles. The smallest absolute Gasteiger partial charge is 0.264 e. The number of allylic oxidation sites excluding steroid dienone is 1. The minimum Gasteiger partial charge on any atom is -0.487 e. The van der Waals surface area contributed by atoms with Crippen LogP contribution < -0.4 is 14.4 Å². The number of halogens is 1. The van der Waals surface area contributed by atoms with E-state index >= 15 is 0 Å². The van der Waals surface area contributed by atoms with Gasteiger partial charge >= 0.3 is 0 Å². The summed E-state index contributed by atoms with van der Waals surface area (Å²) in [4.78, 5) is 15.3. The van der Waals surface area contributed by atoms with E-state index in [1.54, 1.807) is 18.2 Å². The van der Waals surface area contributed by atoms with Crippen molar-refractivity contribution in [3.8, 4) is 5.75 Å². The van der Waals surface area contributed by atoms with E-state index in [1.807, 2.05) is 30.4 Å². The highest BCUT2D eigenvalue weighted by molar-refractivity contribution is 7.90. The van der Waals surface area contributed by atoms with Crippen molar-refractivity contribution in [2.24, 2.45) is 11.8 Å². The first kappa shape index (κ1) is 28.0. The predicted molar refractivity (Wildman–Crippen MR) is 154 cm³/mol. The number of aryl methyl sites for hydroxylation is 1. The van der Waals surface area contributed by atoms with E-state index in [9.17, 15) is 18.3 Å². The molecule has 1 saturated carbocycles. The quantitative estimate of drug-likeness (QED) is 0.419. The summed E-state index contributed by atoms with van der Waals surface area (Å²) < 4.78 is 33.8. The molecule has 3 atom stereocenters. The van der Waals surface area contributed by atoms with E-state index in [0.717, 1.165) is 56.4 Å². The molecule has 3 aliphatic rings. The summed E-state index contributed by atoms with van der Waals surface area (Å²) in [6.45, 7) is 1.85. The number of anilines is 1. The van der Waals surface area contributed by atoms with Crippen molar-refractivity contribution in [1.82, 2.24) is 4.72 Å². The molecule has 1 aliphatic carbocycles. The third-order valence-electron chi connectivity index (χ3n) is 8.22. The third-order valence-corrected chi connectivity index (χ3v) is 9.78. The van der Waals surface area contributed by atoms with Gasteiger partial charge in [0.15, 0.2) is 0 Å². The van der Waals surface area contributed by atoms with Gasteiger partial charge in [0.1, 0.15) is 12.4 Å². The Balaban J connectivity index is 1.51. The molecule has 7 nitrogen and oxygen atoms in total. The van der Waals surface area contributed by atoms with E-state index < -0.39 is 22.0 Å². The molecule has 1 amide bonds. The van der Waals surface area contributed by atoms with Crippen LogP contribution in [0, 0.1) is 11.8 Å². The maximum atomic E-state index is 13.1. The second-order valence-corrected chi connectivity index (χ2v) is 13.2. The largest absolute Gasteiger partial charge is 0.487 e. The van der Waals surface area contributed by atoms with E-state index in [-0.39, 0.29) is 17.2 Å². The minimum atomic E-state index is -3.76. The van der Waals surface area contributed by atoms with Crippen LogP contribution in [0.5, 0.6) is 5.75 Å². The second kappa shape index (κ2) is 12.3. The third kappa shape index (κ3) is 6.97. The van der Waals surface area contributed by atoms with E-state index in [4.69, 9.17) is 16.3 Å². The van der Waals surface area contributed by atoms with Gasteiger partial charge in [-0.05, 0) is 105 Å². The monoisotopic (exact) mass is 572 g/mol. The van der Waals surface area contributed by atoms with Crippen LogP contribution in [0.4, 0.5) is 5.69 Å². The van der Waals surface area contributed by atoms with Crippen molar-refractivity contribution in [2.75, 3.05) is 23.7 Å². The summed E-state index contributed by atoms with van der Waals surface area (Å²) in [6.07, 6.45) is 9.91. The fraction of sp³-hybridized carbons (Fsp3) is 0.500. The summed E-state index contributed by atoms with van der Waals surface area (Å²) in [5.41, 5.74) is 3.31. The Kier molecular flexibility index (Phi) is 8.84. The summed E-state index contributed by atoms with van der Waals surface area (Å²) in [7, 11) is -3.76. The molecule has 2 N–H and O–H groups in total. The number of benzene rings is 2. The second-order valence-electron chi connectivity index (χ2n) is 11.0. The average Bonchev–Trinajstić information content (AvgIpc) is 2.91. The molecular formula is C30H37ClN2O5S. The first-order chi connectivity index (χ1) is 18.8. The number of aliphatic hydroxyl groups excluding tert-OH is 1. The van der Waals surface area contributed by atoms with E-state index in [1.165, 1.54) is 5.56 Å². The van der Waals surface area contributed by atoms with Gasteiger partial charge in [-0.2, -0.15) is 0 Å². The number of amides is 1. The SMILES string of the molecule is O=C1NS(=O)(=O)CCCC/C=C/[C@@H](O)[C@@H]2CC[C@H]2CN2CCCCc3cc(Cl)ccc3COc3ccc1cc32. The van der Waals surface area contributed by atoms with Crippen LogP contribution in [0.25, 0.3) is 0 Å². The van der Waals surface area contributed by atoms with Crippen LogP contribution in [0.1, 0.15) is 66.4 Å². The van der Waals surface area contributed by atoms with Crippen LogP contribution in [0.15, 0.2) is 48.6 Å². The lowest BCUT2D eigenvalue weighted by molar-refractivity contribution is 0.0461. The Morgan fingerprint density at radius 3 is 2.72 bits per heavy atom. The molecule has 1 fully saturated rings. The van der Waals surface area contributed by atoms with Gasteiger partial charge in [0.25, 0.3) is 5.91 Å². The fourth-order valence-corrected chi connectivity index (χ4v) is 7.10. The number of carbonyl (C=O) groups excluding carboxylic acids is 1. The summed E-state index contributed by atoms with van der Waals surface area (Å²) >= 11 is 6.28. The Bertz CT molecular complexity index is 1330. The molecule has 2 heterocycles. The molecule has 210 valence electrons. The molecule has 2 bridgehead atoms. The van der Waals surface area contributed by atoms with E-state index in [0.29, 0.717) is 42.6 Å². The van der Waals surface area contributed by atoms with E-state index in [2.05, 4.69) is 9.62 Å². The number of ether oxygens (including phenoxy) is 1. The Morgan fingerprint density at radius 2 is 1.90 bits per heavy atom. The predicted octanol–water partition coefficient (Wildman–Crippen LogP) is 5.25. The van der Waals surface area contributed by atoms with Crippen LogP contribution in [-0.4, -0.2) is 44.4 Å². The van der Waals surface area contributed by atoms with Gasteiger partial charge in [0.2, 0.25) is 10.0 Å². The molecule has 0 radical (unpaired) electrons. The molecule has 9 heteroatoms. The van der Waals surface area contributed by atoms with Gasteiger partial charge in [-0.25, -0.2) is 13.1 Å². The highest BCUT2D eigenvalue weighted by atomic mass is 35.5. The van der Waals surface area contributed by atoms with Gasteiger partial charge in [0, 0.05) is 23.7 Å². The van der Waals surface area contributed by atoms with Crippen molar-refractivity contribution < 1.29 is 23.1 Å². The van der Waals surface area contributed by atoms with Crippen LogP contribution in [-0.2, 0) is 23.1 Å². The van der Waals surface area contributed by atoms with Gasteiger partial charge in [-0.1, -0.05) is 29.8 Å². The van der Waals surface area contributed by atoms with Crippen molar-refractivity contribution in [3.63, 3.8) is 0 Å². The van der Waals surface area contributed by atoms with Crippen LogP contribution in [0.2, 0.25) is 5.02 Å². The molecule has 2 aliphatic heterocycles. The zero-order valence-electron chi connectivity index (χ0n) is 22.1. The standard InChI is InChI=1S/C30H37ClN2O5S/c31-25-12-9-24-20-38-29-14-11-22-18-27(29)33(15-5-4-7-21(24)17-25)19-23-10-13-26(23)28(34)8-3-1-2-6-16-39(36,37)32-30(22)35/h3,8-9,11-12,14,17-18,23,26,28,34H,1-2,4-7,10,13,15-16,19-20H2,(H,32,35)/b8-3+/t23-,26+,28+/m0/s1. The highest BCUT2D eigenvalue weighted by Crippen LogP contribution is 2.41. The summed E-state index contributed by atoms with van der Waals surface area (Å²) in [6, 6.07) is 11.0. The number of nitrogens with one attached hydrogen (secondary N) is 1. The molecule has 39 heavy (non-hydrogen) atoms. The minimum absolute atomic E-state index is 0.122. The van der Waals surface area contributed by atoms with Gasteiger partial charge < -0.3 is 14.7 Å². The lowest BCUT2D eigenvalue weighted by atomic mass is 9.70. The molecule has 0 aromatic heterocycles. The average molecular weight is 573 g/mol. The van der Waals surface area contributed by atoms with Crippen LogP contribution >= 0.6 is 11.6 Å². The Morgan fingerprint density at radius 1 is 1.03 bits per heavy atom. The van der Waals surface area contributed by atoms with Gasteiger partial charge in [0.05, 0.1) is 17.5 Å². The maximum Gasteiger partial charge on any atom is 0.264 e. The number of hydrogen-bond donors (Lipinski definition) is 2. The lowest BCUT2D eigenvalue weighted by Gasteiger charge is -2.42. The fourth-order valence-electron chi connectivity index (χ4n) is 5.82. The first-order valence-electron chi connectivity index (χ1n) is 14.0. The summed E-state index contributed by atoms with van der Waals surface area (Å²) in [5.74, 6) is 0.383. The normalized spacial score (nSPS) is 26.8. The topological polar surface area (TPSA) is 95.9 Å². The molecular weight excluding hydrogens is 536 g/mol. The summed E-state index contributed by atoms with van der Waals surface area (Å²) in [5, 5.41) is 11.6. The lowest BCUT2D eigenvalue weighted by Crippen LogP contribution is -2.43. The van der Waals surface area contributed by atoms with Gasteiger partial charge in [-0.15, -0.1) is 0 Å². The molecule has 2 aromatic rings. The number of fused-ring (bicyclic) bond motifs is 3. The van der Waals surface area contributed by atoms with Crippen molar-refractivity contribution in [3.05, 3.63) is 70.3 Å². The molecule has 0 unspecified atom stereocenters. The Hall–Kier alpha value is -2.55. The van der Waals surface area contributed by atoms with Crippen molar-refractivity contribution >= 4 is 33.2 Å². The number of sulfonamides is 1. The maximum absolute atomic E-state index is 13.1. The number of rotatable bonds is 0. The molecule has 0 spiro atoms. The number of nitrogens with zero attached hydrogens (tertiary/aromatic N) is 1. The Labute approximate surface area is 236 Å². The zero-order valence-corrected chi connectivity index (χ0v) is 23.7. The highest BCUT2D eigenvalue weighted by Gasteiger charge is 2.36. The van der Waals surface area contributed by atoms with Crippen molar-refractivity contribution in [1.29, 1.82) is 0 Å².